The van der Waals surface area contributed by atoms with E-state index >= 15 is 0 Å². The fourth-order valence-electron chi connectivity index (χ4n) is 6.30. The standard InChI is InChI=1S/C30H36Cl2N4O6S/c1-29(2)17-11-12-30(29,3)21(14-17)35-23(37)16-36-13-7-9-20(28(36)41)34-27(40)19(8-5-6-10-24(38)42-4)33-26(39)18-15-22(31)43-25(18)32/h6-7,9-10,13,15,17,19,21H,5,8,11-12,14,16H2,1-4H3,(H,33,39)(H,34,40)(H,35,37)/b10-6+/t17?,19-,21?,30-/m0/s1. The molecule has 2 aliphatic rings. The van der Waals surface area contributed by atoms with Gasteiger partial charge in [0.2, 0.25) is 11.8 Å². The third-order valence-corrected chi connectivity index (χ3v) is 10.8. The number of anilines is 1. The number of thiophene rings is 1. The molecular formula is C30H36Cl2N4O6S. The molecule has 2 aromatic rings. The van der Waals surface area contributed by atoms with Crippen molar-refractivity contribution in [2.45, 2.75) is 71.5 Å². The molecule has 2 saturated carbocycles. The van der Waals surface area contributed by atoms with Crippen LogP contribution in [0.3, 0.4) is 0 Å². The van der Waals surface area contributed by atoms with Gasteiger partial charge in [0.1, 0.15) is 22.6 Å². The molecule has 2 aliphatic carbocycles. The summed E-state index contributed by atoms with van der Waals surface area (Å²) in [5, 5.41) is 8.36. The number of rotatable bonds is 11. The van der Waals surface area contributed by atoms with E-state index in [0.717, 1.165) is 30.6 Å². The zero-order valence-electron chi connectivity index (χ0n) is 24.5. The van der Waals surface area contributed by atoms with Crippen molar-refractivity contribution in [2.75, 3.05) is 12.4 Å². The number of nitrogens with zero attached hydrogens (tertiary/aromatic N) is 1. The van der Waals surface area contributed by atoms with Gasteiger partial charge in [-0.15, -0.1) is 11.3 Å². The summed E-state index contributed by atoms with van der Waals surface area (Å²) in [6, 6.07) is 3.33. The summed E-state index contributed by atoms with van der Waals surface area (Å²) in [6.45, 7) is 6.57. The Morgan fingerprint density at radius 1 is 1.23 bits per heavy atom. The van der Waals surface area contributed by atoms with Crippen molar-refractivity contribution in [1.82, 2.24) is 15.2 Å². The van der Waals surface area contributed by atoms with E-state index in [4.69, 9.17) is 23.2 Å². The number of hydrogen-bond donors (Lipinski definition) is 3. The Kier molecular flexibility index (Phi) is 10.1. The van der Waals surface area contributed by atoms with Crippen LogP contribution >= 0.6 is 34.5 Å². The molecular weight excluding hydrogens is 615 g/mol. The highest BCUT2D eigenvalue weighted by atomic mass is 35.5. The fourth-order valence-corrected chi connectivity index (χ4v) is 7.76. The zero-order valence-corrected chi connectivity index (χ0v) is 26.8. The molecule has 4 atom stereocenters. The lowest BCUT2D eigenvalue weighted by atomic mass is 9.69. The van der Waals surface area contributed by atoms with E-state index in [9.17, 15) is 24.0 Å². The average molecular weight is 652 g/mol. The van der Waals surface area contributed by atoms with E-state index in [1.165, 1.54) is 42.2 Å². The van der Waals surface area contributed by atoms with Gasteiger partial charge in [-0.05, 0) is 67.1 Å². The normalized spacial score (nSPS) is 22.7. The third kappa shape index (κ3) is 6.99. The molecule has 232 valence electrons. The van der Waals surface area contributed by atoms with E-state index in [2.05, 4.69) is 41.5 Å². The van der Waals surface area contributed by atoms with E-state index in [0.29, 0.717) is 10.3 Å². The Hall–Kier alpha value is -3.15. The molecule has 13 heteroatoms. The van der Waals surface area contributed by atoms with E-state index in [1.54, 1.807) is 6.07 Å². The Balaban J connectivity index is 1.45. The maximum absolute atomic E-state index is 13.3. The number of halogens is 2. The van der Waals surface area contributed by atoms with Crippen molar-refractivity contribution in [3.63, 3.8) is 0 Å². The lowest BCUT2D eigenvalue weighted by Crippen LogP contribution is -2.48. The summed E-state index contributed by atoms with van der Waals surface area (Å²) >= 11 is 13.1. The topological polar surface area (TPSA) is 136 Å². The van der Waals surface area contributed by atoms with Crippen LogP contribution in [0.4, 0.5) is 5.69 Å². The van der Waals surface area contributed by atoms with Crippen molar-refractivity contribution in [3.8, 4) is 0 Å². The number of allylic oxidation sites excluding steroid dienone is 1. The minimum Gasteiger partial charge on any atom is -0.466 e. The number of aromatic nitrogens is 1. The minimum atomic E-state index is -1.09. The molecule has 2 unspecified atom stereocenters. The van der Waals surface area contributed by atoms with Crippen LogP contribution in [-0.2, 0) is 25.7 Å². The van der Waals surface area contributed by atoms with Crippen molar-refractivity contribution in [3.05, 3.63) is 61.1 Å². The molecule has 2 bridgehead atoms. The monoisotopic (exact) mass is 650 g/mol. The zero-order chi connectivity index (χ0) is 31.5. The second-order valence-electron chi connectivity index (χ2n) is 11.8. The third-order valence-electron chi connectivity index (χ3n) is 9.32. The maximum atomic E-state index is 13.3. The van der Waals surface area contributed by atoms with Crippen LogP contribution in [0.5, 0.6) is 0 Å². The molecule has 3 amide bonds. The van der Waals surface area contributed by atoms with Gasteiger partial charge in [0, 0.05) is 18.3 Å². The van der Waals surface area contributed by atoms with Crippen molar-refractivity contribution in [2.24, 2.45) is 16.7 Å². The van der Waals surface area contributed by atoms with Crippen LogP contribution in [0.1, 0.15) is 63.2 Å². The van der Waals surface area contributed by atoms with Crippen molar-refractivity contribution < 1.29 is 23.9 Å². The second kappa shape index (κ2) is 13.2. The molecule has 0 radical (unpaired) electrons. The highest BCUT2D eigenvalue weighted by Gasteiger charge is 2.61. The van der Waals surface area contributed by atoms with Crippen LogP contribution in [0.2, 0.25) is 8.67 Å². The van der Waals surface area contributed by atoms with Crippen molar-refractivity contribution >= 4 is 63.9 Å². The van der Waals surface area contributed by atoms with Gasteiger partial charge >= 0.3 is 5.97 Å². The molecule has 0 aliphatic heterocycles. The molecule has 0 spiro atoms. The van der Waals surface area contributed by atoms with Gasteiger partial charge in [0.15, 0.2) is 0 Å². The Morgan fingerprint density at radius 3 is 2.58 bits per heavy atom. The Bertz CT molecular complexity index is 1500. The van der Waals surface area contributed by atoms with Gasteiger partial charge in [-0.2, -0.15) is 0 Å². The summed E-state index contributed by atoms with van der Waals surface area (Å²) in [5.74, 6) is -1.55. The van der Waals surface area contributed by atoms with Gasteiger partial charge in [-0.3, -0.25) is 19.2 Å². The first-order valence-electron chi connectivity index (χ1n) is 14.1. The number of methoxy groups -OCH3 is 1. The summed E-state index contributed by atoms with van der Waals surface area (Å²) in [5.41, 5.74) is -0.366. The Morgan fingerprint density at radius 2 is 1.98 bits per heavy atom. The van der Waals surface area contributed by atoms with E-state index in [1.807, 2.05) is 0 Å². The summed E-state index contributed by atoms with van der Waals surface area (Å²) in [6.07, 6.45) is 7.69. The quantitative estimate of drug-likeness (QED) is 0.236. The van der Waals surface area contributed by atoms with Crippen molar-refractivity contribution in [1.29, 1.82) is 0 Å². The number of ether oxygens (including phenoxy) is 1. The summed E-state index contributed by atoms with van der Waals surface area (Å²) < 4.78 is 6.29. The second-order valence-corrected chi connectivity index (χ2v) is 14.1. The predicted molar refractivity (Wildman–Crippen MR) is 166 cm³/mol. The first-order chi connectivity index (χ1) is 20.3. The SMILES string of the molecule is COC(=O)/C=C/CC[C@H](NC(=O)c1cc(Cl)sc1Cl)C(=O)Nc1cccn(CC(=O)NC2CC3CC[C@]2(C)C3(C)C)c1=O. The highest BCUT2D eigenvalue weighted by Crippen LogP contribution is 2.65. The predicted octanol–water partition coefficient (Wildman–Crippen LogP) is 4.79. The van der Waals surface area contributed by atoms with Crippen LogP contribution in [0, 0.1) is 16.7 Å². The number of esters is 1. The van der Waals surface area contributed by atoms with E-state index in [-0.39, 0.29) is 57.8 Å². The first kappa shape index (κ1) is 32.8. The molecule has 43 heavy (non-hydrogen) atoms. The first-order valence-corrected chi connectivity index (χ1v) is 15.6. The smallest absolute Gasteiger partial charge is 0.330 e. The summed E-state index contributed by atoms with van der Waals surface area (Å²) in [4.78, 5) is 63.9. The molecule has 0 aromatic carbocycles. The van der Waals surface area contributed by atoms with Crippen LogP contribution in [-0.4, -0.2) is 47.5 Å². The largest absolute Gasteiger partial charge is 0.466 e. The number of carbonyl (C=O) groups is 4. The van der Waals surface area contributed by atoms with Gasteiger partial charge in [-0.25, -0.2) is 4.79 Å². The van der Waals surface area contributed by atoms with Crippen LogP contribution in [0.25, 0.3) is 0 Å². The van der Waals surface area contributed by atoms with E-state index < -0.39 is 29.4 Å². The van der Waals surface area contributed by atoms with Gasteiger partial charge in [0.05, 0.1) is 17.0 Å². The average Bonchev–Trinajstić information content (AvgIpc) is 3.47. The van der Waals surface area contributed by atoms with Gasteiger partial charge in [-0.1, -0.05) is 50.0 Å². The number of amides is 3. The number of pyridine rings is 1. The fraction of sp³-hybridized carbons (Fsp3) is 0.500. The minimum absolute atomic E-state index is 0.00180. The molecule has 3 N–H and O–H groups in total. The molecule has 10 nitrogen and oxygen atoms in total. The highest BCUT2D eigenvalue weighted by molar-refractivity contribution is 7.20. The summed E-state index contributed by atoms with van der Waals surface area (Å²) in [7, 11) is 1.24. The van der Waals surface area contributed by atoms with Gasteiger partial charge in [0.25, 0.3) is 11.5 Å². The molecule has 2 heterocycles. The van der Waals surface area contributed by atoms with Crippen LogP contribution < -0.4 is 21.5 Å². The number of carbonyl (C=O) groups excluding carboxylic acids is 4. The number of nitrogens with one attached hydrogen (secondary N) is 3. The maximum Gasteiger partial charge on any atom is 0.330 e. The molecule has 2 fully saturated rings. The van der Waals surface area contributed by atoms with Crippen LogP contribution in [0.15, 0.2) is 41.3 Å². The molecule has 2 aromatic heterocycles. The number of hydrogen-bond acceptors (Lipinski definition) is 7. The van der Waals surface area contributed by atoms with Gasteiger partial charge < -0.3 is 25.3 Å². The number of fused-ring (bicyclic) bond motifs is 2. The Labute approximate surface area is 264 Å². The molecule has 0 saturated heterocycles. The lowest BCUT2D eigenvalue weighted by molar-refractivity contribution is -0.134. The lowest BCUT2D eigenvalue weighted by Gasteiger charge is -2.39. The molecule has 4 rings (SSSR count).